The van der Waals surface area contributed by atoms with Crippen molar-refractivity contribution < 1.29 is 14.0 Å². The topological polar surface area (TPSA) is 26.3 Å². The Labute approximate surface area is 131 Å². The fourth-order valence-electron chi connectivity index (χ4n) is 2.54. The number of quaternary nitrogens is 1. The molecule has 124 valence electrons. The van der Waals surface area contributed by atoms with Crippen LogP contribution in [0.5, 0.6) is 0 Å². The van der Waals surface area contributed by atoms with E-state index in [1.807, 2.05) is 0 Å². The van der Waals surface area contributed by atoms with Gasteiger partial charge in [0.15, 0.2) is 0 Å². The second kappa shape index (κ2) is 7.44. The Bertz CT molecular complexity index is 362. The van der Waals surface area contributed by atoms with Crippen LogP contribution in [0.3, 0.4) is 0 Å². The van der Waals surface area contributed by atoms with Crippen molar-refractivity contribution in [2.24, 2.45) is 10.8 Å². The van der Waals surface area contributed by atoms with Crippen molar-refractivity contribution in [2.75, 3.05) is 33.8 Å². The second-order valence-electron chi connectivity index (χ2n) is 8.96. The maximum absolute atomic E-state index is 11.4. The number of nitrogens with zero attached hydrogens (tertiary/aromatic N) is 1. The molecule has 3 heteroatoms. The molecule has 0 radical (unpaired) electrons. The van der Waals surface area contributed by atoms with Crippen molar-refractivity contribution in [3.8, 4) is 0 Å². The molecule has 0 fully saturated rings. The van der Waals surface area contributed by atoms with E-state index in [4.69, 9.17) is 4.74 Å². The zero-order valence-corrected chi connectivity index (χ0v) is 15.5. The summed E-state index contributed by atoms with van der Waals surface area (Å²) in [7, 11) is 4.40. The summed E-state index contributed by atoms with van der Waals surface area (Å²) >= 11 is 0. The van der Waals surface area contributed by atoms with Crippen LogP contribution in [-0.2, 0) is 9.53 Å². The summed E-state index contributed by atoms with van der Waals surface area (Å²) in [4.78, 5) is 11.4. The lowest BCUT2D eigenvalue weighted by atomic mass is 9.79. The number of hydrogen-bond donors (Lipinski definition) is 0. The largest absolute Gasteiger partial charge is 0.456 e. The molecule has 0 aromatic rings. The zero-order valence-electron chi connectivity index (χ0n) is 15.5. The molecule has 0 rings (SSSR count). The van der Waals surface area contributed by atoms with Crippen molar-refractivity contribution in [1.82, 2.24) is 0 Å². The van der Waals surface area contributed by atoms with E-state index in [-0.39, 0.29) is 11.4 Å². The minimum atomic E-state index is -0.290. The molecule has 0 N–H and O–H groups in total. The molecule has 3 nitrogen and oxygen atoms in total. The lowest BCUT2D eigenvalue weighted by Gasteiger charge is -2.38. The summed E-state index contributed by atoms with van der Waals surface area (Å²) in [6.07, 6.45) is 2.44. The highest BCUT2D eigenvalue weighted by atomic mass is 16.5. The van der Waals surface area contributed by atoms with Gasteiger partial charge in [0, 0.05) is 11.0 Å². The minimum absolute atomic E-state index is 0.287. The van der Waals surface area contributed by atoms with Crippen molar-refractivity contribution in [3.63, 3.8) is 0 Å². The lowest BCUT2D eigenvalue weighted by molar-refractivity contribution is -0.896. The van der Waals surface area contributed by atoms with E-state index in [9.17, 15) is 4.79 Å². The Morgan fingerprint density at radius 1 is 1.10 bits per heavy atom. The second-order valence-corrected chi connectivity index (χ2v) is 8.96. The van der Waals surface area contributed by atoms with E-state index >= 15 is 0 Å². The van der Waals surface area contributed by atoms with Gasteiger partial charge in [-0.1, -0.05) is 41.2 Å². The van der Waals surface area contributed by atoms with Crippen molar-refractivity contribution in [3.05, 3.63) is 12.2 Å². The number of esters is 1. The summed E-state index contributed by atoms with van der Waals surface area (Å²) in [5.41, 5.74) is 1.13. The van der Waals surface area contributed by atoms with Gasteiger partial charge in [-0.05, 0) is 25.2 Å². The molecule has 0 heterocycles. The molecule has 21 heavy (non-hydrogen) atoms. The van der Waals surface area contributed by atoms with E-state index in [0.717, 1.165) is 17.6 Å². The summed E-state index contributed by atoms with van der Waals surface area (Å²) in [6, 6.07) is 0. The van der Waals surface area contributed by atoms with Crippen LogP contribution in [0.2, 0.25) is 0 Å². The predicted octanol–water partition coefficient (Wildman–Crippen LogP) is 4.03. The van der Waals surface area contributed by atoms with E-state index in [2.05, 4.69) is 55.3 Å². The molecule has 0 aliphatic carbocycles. The van der Waals surface area contributed by atoms with E-state index in [1.165, 1.54) is 12.8 Å². The summed E-state index contributed by atoms with van der Waals surface area (Å²) in [6.45, 7) is 19.2. The molecule has 0 amide bonds. The van der Waals surface area contributed by atoms with Crippen LogP contribution >= 0.6 is 0 Å². The third-order valence-electron chi connectivity index (χ3n) is 3.69. The average Bonchev–Trinajstić information content (AvgIpc) is 2.23. The third-order valence-corrected chi connectivity index (χ3v) is 3.69. The molecule has 0 aliphatic rings. The van der Waals surface area contributed by atoms with Crippen molar-refractivity contribution >= 4 is 5.97 Å². The van der Waals surface area contributed by atoms with E-state index in [0.29, 0.717) is 17.6 Å². The van der Waals surface area contributed by atoms with Gasteiger partial charge in [-0.15, -0.1) is 0 Å². The summed E-state index contributed by atoms with van der Waals surface area (Å²) in [5.74, 6) is -0.290. The molecule has 0 saturated carbocycles. The molecule has 0 aromatic heterocycles. The molecule has 0 spiro atoms. The number of carbonyl (C=O) groups excluding carboxylic acids is 1. The van der Waals surface area contributed by atoms with Gasteiger partial charge in [0.05, 0.1) is 20.6 Å². The third kappa shape index (κ3) is 10.5. The van der Waals surface area contributed by atoms with E-state index in [1.54, 1.807) is 6.92 Å². The maximum Gasteiger partial charge on any atom is 0.333 e. The number of carbonyl (C=O) groups is 1. The highest BCUT2D eigenvalue weighted by molar-refractivity contribution is 5.86. The summed E-state index contributed by atoms with van der Waals surface area (Å²) < 4.78 is 6.08. The Kier molecular flexibility index (Phi) is 7.14. The molecule has 0 saturated heterocycles. The molecular weight excluding hydrogens is 262 g/mol. The lowest BCUT2D eigenvalue weighted by Crippen LogP contribution is -2.48. The molecule has 0 unspecified atom stereocenters. The fourth-order valence-corrected chi connectivity index (χ4v) is 2.54. The number of likely N-dealkylation sites (N-methyl/N-ethyl adjacent to an activating group) is 1. The Balaban J connectivity index is 4.31. The van der Waals surface area contributed by atoms with Crippen LogP contribution in [0, 0.1) is 10.8 Å². The number of rotatable bonds is 8. The van der Waals surface area contributed by atoms with Crippen LogP contribution in [0.15, 0.2) is 12.2 Å². The number of ether oxygens (including phenoxy) is 1. The predicted molar refractivity (Wildman–Crippen MR) is 90.1 cm³/mol. The molecule has 0 atom stereocenters. The zero-order chi connectivity index (χ0) is 16.9. The number of hydrogen-bond acceptors (Lipinski definition) is 2. The van der Waals surface area contributed by atoms with Gasteiger partial charge in [-0.2, -0.15) is 0 Å². The van der Waals surface area contributed by atoms with Gasteiger partial charge in [0.25, 0.3) is 0 Å². The van der Waals surface area contributed by atoms with Gasteiger partial charge in [0.1, 0.15) is 13.2 Å². The fraction of sp³-hybridized carbons (Fsp3) is 0.833. The Hall–Kier alpha value is -0.830. The van der Waals surface area contributed by atoms with Gasteiger partial charge < -0.3 is 9.22 Å². The normalized spacial score (nSPS) is 13.1. The Morgan fingerprint density at radius 2 is 1.62 bits per heavy atom. The van der Waals surface area contributed by atoms with Crippen molar-refractivity contribution in [1.29, 1.82) is 0 Å². The molecule has 0 aliphatic heterocycles. The highest BCUT2D eigenvalue weighted by Crippen LogP contribution is 2.31. The van der Waals surface area contributed by atoms with Gasteiger partial charge >= 0.3 is 5.97 Å². The van der Waals surface area contributed by atoms with Crippen LogP contribution in [0.25, 0.3) is 0 Å². The first-order valence-electron chi connectivity index (χ1n) is 7.89. The van der Waals surface area contributed by atoms with Crippen molar-refractivity contribution in [2.45, 2.75) is 54.4 Å². The van der Waals surface area contributed by atoms with E-state index < -0.39 is 0 Å². The van der Waals surface area contributed by atoms with Gasteiger partial charge in [0.2, 0.25) is 0 Å². The molecule has 0 aromatic carbocycles. The monoisotopic (exact) mass is 298 g/mol. The van der Waals surface area contributed by atoms with Crippen LogP contribution in [0.4, 0.5) is 0 Å². The smallest absolute Gasteiger partial charge is 0.333 e. The van der Waals surface area contributed by atoms with Crippen LogP contribution < -0.4 is 0 Å². The maximum atomic E-state index is 11.4. The van der Waals surface area contributed by atoms with Crippen LogP contribution in [0.1, 0.15) is 54.4 Å². The Morgan fingerprint density at radius 3 is 2.05 bits per heavy atom. The quantitative estimate of drug-likeness (QED) is 0.384. The molecule has 0 bridgehead atoms. The standard InChI is InChI=1S/C18H36NO2/c1-15(2)16(20)21-13-12-19(8,9)14-18(6,7)11-10-17(3,4)5/h1,10-14H2,2-9H3/q+1. The first kappa shape index (κ1) is 20.2. The van der Waals surface area contributed by atoms with Gasteiger partial charge in [-0.3, -0.25) is 0 Å². The molecular formula is C18H36NO2+. The average molecular weight is 298 g/mol. The first-order chi connectivity index (χ1) is 9.24. The SMILES string of the molecule is C=C(C)C(=O)OCC[N+](C)(C)CC(C)(C)CCC(C)(C)C. The summed E-state index contributed by atoms with van der Waals surface area (Å²) in [5, 5.41) is 0. The first-order valence-corrected chi connectivity index (χ1v) is 7.89. The van der Waals surface area contributed by atoms with Gasteiger partial charge in [-0.25, -0.2) is 4.79 Å². The minimum Gasteiger partial charge on any atom is -0.456 e. The van der Waals surface area contributed by atoms with Crippen LogP contribution in [-0.4, -0.2) is 44.2 Å². The highest BCUT2D eigenvalue weighted by Gasteiger charge is 2.30.